The van der Waals surface area contributed by atoms with Crippen LogP contribution >= 0.6 is 0 Å². The van der Waals surface area contributed by atoms with Gasteiger partial charge in [0.1, 0.15) is 9.84 Å². The van der Waals surface area contributed by atoms with Crippen molar-refractivity contribution in [1.82, 2.24) is 4.31 Å². The second kappa shape index (κ2) is 7.16. The number of hydrogen-bond donors (Lipinski definition) is 1. The molecule has 1 N–H and O–H groups in total. The molecule has 0 aliphatic rings. The highest BCUT2D eigenvalue weighted by Crippen LogP contribution is 2.10. The highest BCUT2D eigenvalue weighted by Gasteiger charge is 2.23. The summed E-state index contributed by atoms with van der Waals surface area (Å²) in [4.78, 5) is 0. The lowest BCUT2D eigenvalue weighted by molar-refractivity contribution is 0.251. The lowest BCUT2D eigenvalue weighted by Gasteiger charge is -2.21. The summed E-state index contributed by atoms with van der Waals surface area (Å²) in [5, 5.41) is 8.98. The van der Waals surface area contributed by atoms with Gasteiger partial charge in [0.05, 0.1) is 18.1 Å². The van der Waals surface area contributed by atoms with Gasteiger partial charge in [0.2, 0.25) is 10.0 Å². The Labute approximate surface area is 120 Å². The van der Waals surface area contributed by atoms with E-state index in [1.54, 1.807) is 24.3 Å². The summed E-state index contributed by atoms with van der Waals surface area (Å²) in [5.41, 5.74) is 0.781. The first kappa shape index (κ1) is 17.1. The molecule has 0 amide bonds. The molecule has 0 saturated carbocycles. The van der Waals surface area contributed by atoms with Crippen molar-refractivity contribution in [2.45, 2.75) is 6.54 Å². The van der Waals surface area contributed by atoms with E-state index in [-0.39, 0.29) is 19.7 Å². The number of aliphatic hydroxyl groups is 1. The van der Waals surface area contributed by atoms with Crippen molar-refractivity contribution >= 4 is 19.9 Å². The second-order valence-electron chi connectivity index (χ2n) is 4.49. The average molecular weight is 321 g/mol. The number of nitrogens with zero attached hydrogens (tertiary/aromatic N) is 1. The number of aliphatic hydroxyl groups excluding tert-OH is 1. The highest BCUT2D eigenvalue weighted by atomic mass is 32.2. The van der Waals surface area contributed by atoms with Crippen LogP contribution in [-0.4, -0.2) is 57.2 Å². The van der Waals surface area contributed by atoms with Gasteiger partial charge in [0.15, 0.2) is 0 Å². The Hall–Kier alpha value is -0.960. The molecule has 0 heterocycles. The molecule has 0 unspecified atom stereocenters. The topological polar surface area (TPSA) is 91.8 Å². The van der Waals surface area contributed by atoms with Crippen LogP contribution in [0, 0.1) is 0 Å². The first-order valence-electron chi connectivity index (χ1n) is 6.05. The number of hydrogen-bond acceptors (Lipinski definition) is 5. The Morgan fingerprint density at radius 1 is 1.05 bits per heavy atom. The van der Waals surface area contributed by atoms with Gasteiger partial charge in [-0.05, 0) is 5.56 Å². The summed E-state index contributed by atoms with van der Waals surface area (Å²) in [6, 6.07) is 8.94. The third kappa shape index (κ3) is 6.00. The molecule has 0 spiro atoms. The Bertz CT molecular complexity index is 611. The fourth-order valence-electron chi connectivity index (χ4n) is 1.60. The Balaban J connectivity index is 2.84. The van der Waals surface area contributed by atoms with Crippen LogP contribution in [-0.2, 0) is 26.4 Å². The van der Waals surface area contributed by atoms with Crippen LogP contribution in [0.3, 0.4) is 0 Å². The monoisotopic (exact) mass is 321 g/mol. The van der Waals surface area contributed by atoms with Gasteiger partial charge >= 0.3 is 0 Å². The van der Waals surface area contributed by atoms with E-state index in [9.17, 15) is 16.8 Å². The van der Waals surface area contributed by atoms with E-state index in [4.69, 9.17) is 5.11 Å². The largest absolute Gasteiger partial charge is 0.395 e. The lowest BCUT2D eigenvalue weighted by Crippen LogP contribution is -2.36. The molecule has 0 aliphatic carbocycles. The highest BCUT2D eigenvalue weighted by molar-refractivity contribution is 7.93. The molecule has 0 bridgehead atoms. The summed E-state index contributed by atoms with van der Waals surface area (Å²) in [6.45, 7) is -0.251. The molecule has 0 fully saturated rings. The van der Waals surface area contributed by atoms with Gasteiger partial charge in [-0.3, -0.25) is 0 Å². The molecule has 0 atom stereocenters. The Morgan fingerprint density at radius 2 is 1.65 bits per heavy atom. The maximum atomic E-state index is 12.1. The van der Waals surface area contributed by atoms with Gasteiger partial charge in [-0.25, -0.2) is 16.8 Å². The first-order chi connectivity index (χ1) is 9.24. The molecular formula is C12H19NO5S2. The van der Waals surface area contributed by atoms with Gasteiger partial charge in [-0.1, -0.05) is 30.3 Å². The van der Waals surface area contributed by atoms with Crippen molar-refractivity contribution in [3.05, 3.63) is 35.9 Å². The van der Waals surface area contributed by atoms with Crippen LogP contribution < -0.4 is 0 Å². The van der Waals surface area contributed by atoms with Gasteiger partial charge in [-0.2, -0.15) is 4.31 Å². The van der Waals surface area contributed by atoms with Crippen LogP contribution in [0.15, 0.2) is 30.3 Å². The normalized spacial score (nSPS) is 12.8. The maximum absolute atomic E-state index is 12.1. The zero-order chi connectivity index (χ0) is 15.2. The van der Waals surface area contributed by atoms with Crippen LogP contribution in [0.1, 0.15) is 5.56 Å². The second-order valence-corrected chi connectivity index (χ2v) is 8.84. The van der Waals surface area contributed by atoms with Crippen LogP contribution in [0.2, 0.25) is 0 Å². The van der Waals surface area contributed by atoms with E-state index < -0.39 is 31.4 Å². The number of sulfone groups is 1. The molecule has 8 heteroatoms. The van der Waals surface area contributed by atoms with Gasteiger partial charge in [-0.15, -0.1) is 0 Å². The van der Waals surface area contributed by atoms with Gasteiger partial charge in [0.25, 0.3) is 0 Å². The summed E-state index contributed by atoms with van der Waals surface area (Å²) in [6.07, 6.45) is 0.996. The Kier molecular flexibility index (Phi) is 6.12. The zero-order valence-electron chi connectivity index (χ0n) is 11.3. The summed E-state index contributed by atoms with van der Waals surface area (Å²) < 4.78 is 47.5. The fourth-order valence-corrected chi connectivity index (χ4v) is 4.62. The van der Waals surface area contributed by atoms with Crippen LogP contribution in [0.4, 0.5) is 0 Å². The van der Waals surface area contributed by atoms with E-state index in [0.717, 1.165) is 16.1 Å². The SMILES string of the molecule is CS(=O)(=O)CCS(=O)(=O)N(CCO)Cc1ccccc1. The van der Waals surface area contributed by atoms with Crippen LogP contribution in [0.25, 0.3) is 0 Å². The molecule has 0 aliphatic heterocycles. The van der Waals surface area contributed by atoms with E-state index in [1.165, 1.54) is 0 Å². The molecule has 0 saturated heterocycles. The molecule has 6 nitrogen and oxygen atoms in total. The predicted molar refractivity (Wildman–Crippen MR) is 77.4 cm³/mol. The van der Waals surface area contributed by atoms with Crippen molar-refractivity contribution in [1.29, 1.82) is 0 Å². The Morgan fingerprint density at radius 3 is 2.15 bits per heavy atom. The summed E-state index contributed by atoms with van der Waals surface area (Å²) in [7, 11) is -7.07. The van der Waals surface area contributed by atoms with Crippen molar-refractivity contribution in [2.75, 3.05) is 30.9 Å². The minimum atomic E-state index is -3.72. The molecule has 1 rings (SSSR count). The molecular weight excluding hydrogens is 302 g/mol. The molecule has 20 heavy (non-hydrogen) atoms. The zero-order valence-corrected chi connectivity index (χ0v) is 12.9. The first-order valence-corrected chi connectivity index (χ1v) is 9.72. The quantitative estimate of drug-likeness (QED) is 0.719. The smallest absolute Gasteiger partial charge is 0.215 e. The minimum Gasteiger partial charge on any atom is -0.395 e. The third-order valence-electron chi connectivity index (χ3n) is 2.66. The number of benzene rings is 1. The van der Waals surface area contributed by atoms with Gasteiger partial charge < -0.3 is 5.11 Å². The fraction of sp³-hybridized carbons (Fsp3) is 0.500. The van der Waals surface area contributed by atoms with Crippen LogP contribution in [0.5, 0.6) is 0 Å². The number of rotatable bonds is 8. The van der Waals surface area contributed by atoms with E-state index in [2.05, 4.69) is 0 Å². The summed E-state index contributed by atoms with van der Waals surface area (Å²) >= 11 is 0. The molecule has 0 aromatic heterocycles. The summed E-state index contributed by atoms with van der Waals surface area (Å²) in [5.74, 6) is -0.898. The average Bonchev–Trinajstić information content (AvgIpc) is 2.37. The maximum Gasteiger partial charge on any atom is 0.215 e. The number of sulfonamides is 1. The van der Waals surface area contributed by atoms with Crippen molar-refractivity contribution in [3.8, 4) is 0 Å². The molecule has 1 aromatic rings. The van der Waals surface area contributed by atoms with Crippen molar-refractivity contribution in [2.24, 2.45) is 0 Å². The van der Waals surface area contributed by atoms with E-state index in [1.807, 2.05) is 6.07 Å². The molecule has 1 aromatic carbocycles. The standard InChI is InChI=1S/C12H19NO5S2/c1-19(15,16)9-10-20(17,18)13(7-8-14)11-12-5-3-2-4-6-12/h2-6,14H,7-11H2,1H3. The molecule has 114 valence electrons. The van der Waals surface area contributed by atoms with Crippen molar-refractivity contribution in [3.63, 3.8) is 0 Å². The van der Waals surface area contributed by atoms with Gasteiger partial charge in [0, 0.05) is 19.3 Å². The lowest BCUT2D eigenvalue weighted by atomic mass is 10.2. The van der Waals surface area contributed by atoms with Crippen molar-refractivity contribution < 1.29 is 21.9 Å². The van der Waals surface area contributed by atoms with E-state index >= 15 is 0 Å². The third-order valence-corrected chi connectivity index (χ3v) is 5.68. The predicted octanol–water partition coefficient (Wildman–Crippen LogP) is -0.145. The van der Waals surface area contributed by atoms with E-state index in [0.29, 0.717) is 0 Å². The minimum absolute atomic E-state index is 0.0546. The molecule has 0 radical (unpaired) electrons.